The molecular formula is C25H30N2O6S. The van der Waals surface area contributed by atoms with Crippen LogP contribution in [0.2, 0.25) is 0 Å². The van der Waals surface area contributed by atoms with Crippen LogP contribution in [0.25, 0.3) is 11.1 Å². The van der Waals surface area contributed by atoms with Gasteiger partial charge in [0.05, 0.1) is 6.61 Å². The van der Waals surface area contributed by atoms with Gasteiger partial charge < -0.3 is 24.8 Å². The van der Waals surface area contributed by atoms with Crippen LogP contribution in [0, 0.1) is 0 Å². The molecule has 2 aromatic rings. The summed E-state index contributed by atoms with van der Waals surface area (Å²) in [4.78, 5) is 38.2. The molecule has 2 N–H and O–H groups in total. The van der Waals surface area contributed by atoms with Crippen LogP contribution in [0.5, 0.6) is 0 Å². The highest BCUT2D eigenvalue weighted by atomic mass is 32.2. The summed E-state index contributed by atoms with van der Waals surface area (Å²) in [5, 5.41) is 11.8. The van der Waals surface area contributed by atoms with E-state index < -0.39 is 30.6 Å². The summed E-state index contributed by atoms with van der Waals surface area (Å²) in [6, 6.07) is 15.2. The van der Waals surface area contributed by atoms with E-state index in [1.54, 1.807) is 0 Å². The zero-order valence-electron chi connectivity index (χ0n) is 19.4. The standard InChI is InChI=1S/C25H30N2O6S/c1-32-13-12-27(15-23(28)29)24(30)22(11-14-34-2)26-25(31)33-16-21-19-9-5-3-7-17(19)18-8-4-6-10-20(18)21/h3-10,21-22H,11-16H2,1-2H3,(H,26,31)(H,28,29)/t22-/m0/s1. The van der Waals surface area contributed by atoms with Gasteiger partial charge >= 0.3 is 12.1 Å². The van der Waals surface area contributed by atoms with Gasteiger partial charge in [0.1, 0.15) is 19.2 Å². The summed E-state index contributed by atoms with van der Waals surface area (Å²) in [7, 11) is 1.48. The lowest BCUT2D eigenvalue weighted by atomic mass is 9.98. The van der Waals surface area contributed by atoms with Crippen LogP contribution >= 0.6 is 11.8 Å². The number of methoxy groups -OCH3 is 1. The average Bonchev–Trinajstić information content (AvgIpc) is 3.16. The summed E-state index contributed by atoms with van der Waals surface area (Å²) < 4.78 is 10.6. The number of rotatable bonds is 12. The number of nitrogens with zero attached hydrogens (tertiary/aromatic N) is 1. The molecule has 2 amide bonds. The van der Waals surface area contributed by atoms with Crippen molar-refractivity contribution in [2.75, 3.05) is 45.4 Å². The molecule has 2 aromatic carbocycles. The number of carboxylic acid groups (broad SMARTS) is 1. The zero-order chi connectivity index (χ0) is 24.5. The van der Waals surface area contributed by atoms with Crippen molar-refractivity contribution < 1.29 is 29.0 Å². The van der Waals surface area contributed by atoms with E-state index in [4.69, 9.17) is 9.47 Å². The van der Waals surface area contributed by atoms with Crippen LogP contribution in [0.3, 0.4) is 0 Å². The Balaban J connectivity index is 1.68. The number of ether oxygens (including phenoxy) is 2. The second kappa shape index (κ2) is 12.4. The molecule has 1 aliphatic rings. The fraction of sp³-hybridized carbons (Fsp3) is 0.400. The second-order valence-electron chi connectivity index (χ2n) is 7.95. The molecule has 0 aromatic heterocycles. The van der Waals surface area contributed by atoms with E-state index in [1.165, 1.54) is 23.8 Å². The number of hydrogen-bond donors (Lipinski definition) is 2. The van der Waals surface area contributed by atoms with Crippen molar-refractivity contribution in [3.63, 3.8) is 0 Å². The van der Waals surface area contributed by atoms with Gasteiger partial charge in [-0.1, -0.05) is 48.5 Å². The molecule has 0 heterocycles. The molecule has 0 bridgehead atoms. The number of carboxylic acids is 1. The first-order valence-corrected chi connectivity index (χ1v) is 12.5. The Bertz CT molecular complexity index is 969. The normalized spacial score (nSPS) is 13.0. The summed E-state index contributed by atoms with van der Waals surface area (Å²) in [6.45, 7) is -0.0286. The summed E-state index contributed by atoms with van der Waals surface area (Å²) in [5.41, 5.74) is 4.45. The van der Waals surface area contributed by atoms with Gasteiger partial charge in [0, 0.05) is 19.6 Å². The minimum atomic E-state index is -1.13. The molecule has 1 atom stereocenters. The SMILES string of the molecule is COCCN(CC(=O)O)C(=O)[C@H](CCSC)NC(=O)OCC1c2ccccc2-c2ccccc21. The maximum atomic E-state index is 13.0. The first kappa shape index (κ1) is 25.6. The summed E-state index contributed by atoms with van der Waals surface area (Å²) >= 11 is 1.53. The molecule has 182 valence electrons. The Morgan fingerprint density at radius 3 is 2.26 bits per heavy atom. The third kappa shape index (κ3) is 6.30. The number of fused-ring (bicyclic) bond motifs is 3. The Morgan fingerprint density at radius 2 is 1.71 bits per heavy atom. The van der Waals surface area contributed by atoms with Crippen LogP contribution in [0.15, 0.2) is 48.5 Å². The maximum Gasteiger partial charge on any atom is 0.407 e. The Kier molecular flexibility index (Phi) is 9.35. The van der Waals surface area contributed by atoms with Crippen molar-refractivity contribution in [2.45, 2.75) is 18.4 Å². The fourth-order valence-electron chi connectivity index (χ4n) is 4.13. The quantitative estimate of drug-likeness (QED) is 0.475. The van der Waals surface area contributed by atoms with E-state index in [0.29, 0.717) is 12.2 Å². The third-order valence-electron chi connectivity index (χ3n) is 5.75. The molecule has 0 saturated heterocycles. The number of carbonyl (C=O) groups excluding carboxylic acids is 2. The number of alkyl carbamates (subject to hydrolysis) is 1. The Hall–Kier alpha value is -3.04. The summed E-state index contributed by atoms with van der Waals surface area (Å²) in [6.07, 6.45) is 1.55. The van der Waals surface area contributed by atoms with Gasteiger partial charge in [-0.2, -0.15) is 11.8 Å². The van der Waals surface area contributed by atoms with Crippen LogP contribution in [0.1, 0.15) is 23.5 Å². The highest BCUT2D eigenvalue weighted by Crippen LogP contribution is 2.44. The van der Waals surface area contributed by atoms with Crippen LogP contribution in [-0.4, -0.2) is 79.4 Å². The van der Waals surface area contributed by atoms with Gasteiger partial charge in [-0.3, -0.25) is 9.59 Å². The number of benzene rings is 2. The van der Waals surface area contributed by atoms with Crippen molar-refractivity contribution in [1.82, 2.24) is 10.2 Å². The topological polar surface area (TPSA) is 105 Å². The number of carbonyl (C=O) groups is 3. The van der Waals surface area contributed by atoms with E-state index in [-0.39, 0.29) is 25.7 Å². The van der Waals surface area contributed by atoms with E-state index in [1.807, 2.05) is 42.7 Å². The largest absolute Gasteiger partial charge is 0.480 e. The summed E-state index contributed by atoms with van der Waals surface area (Å²) in [5.74, 6) is -1.08. The minimum absolute atomic E-state index is 0.0938. The Morgan fingerprint density at radius 1 is 1.09 bits per heavy atom. The van der Waals surface area contributed by atoms with Gasteiger partial charge in [0.15, 0.2) is 0 Å². The first-order valence-electron chi connectivity index (χ1n) is 11.1. The smallest absolute Gasteiger partial charge is 0.407 e. The van der Waals surface area contributed by atoms with Crippen molar-refractivity contribution >= 4 is 29.7 Å². The van der Waals surface area contributed by atoms with E-state index >= 15 is 0 Å². The molecule has 1 aliphatic carbocycles. The molecular weight excluding hydrogens is 456 g/mol. The van der Waals surface area contributed by atoms with Crippen LogP contribution in [-0.2, 0) is 19.1 Å². The number of nitrogens with one attached hydrogen (secondary N) is 1. The predicted molar refractivity (Wildman–Crippen MR) is 131 cm³/mol. The fourth-order valence-corrected chi connectivity index (χ4v) is 4.60. The molecule has 0 radical (unpaired) electrons. The van der Waals surface area contributed by atoms with E-state index in [2.05, 4.69) is 17.4 Å². The third-order valence-corrected chi connectivity index (χ3v) is 6.39. The van der Waals surface area contributed by atoms with E-state index in [0.717, 1.165) is 22.3 Å². The number of aliphatic carboxylic acids is 1. The number of amides is 2. The maximum absolute atomic E-state index is 13.0. The monoisotopic (exact) mass is 486 g/mol. The Labute approximate surface area is 203 Å². The van der Waals surface area contributed by atoms with Crippen LogP contribution in [0.4, 0.5) is 4.79 Å². The van der Waals surface area contributed by atoms with Crippen molar-refractivity contribution in [3.05, 3.63) is 59.7 Å². The number of thioether (sulfide) groups is 1. The van der Waals surface area contributed by atoms with Gasteiger partial charge in [-0.25, -0.2) is 4.79 Å². The zero-order valence-corrected chi connectivity index (χ0v) is 20.2. The molecule has 34 heavy (non-hydrogen) atoms. The second-order valence-corrected chi connectivity index (χ2v) is 8.94. The van der Waals surface area contributed by atoms with Crippen molar-refractivity contribution in [3.8, 4) is 11.1 Å². The lowest BCUT2D eigenvalue weighted by Crippen LogP contribution is -2.51. The molecule has 0 unspecified atom stereocenters. The van der Waals surface area contributed by atoms with Crippen molar-refractivity contribution in [2.24, 2.45) is 0 Å². The molecule has 9 heteroatoms. The molecule has 0 fully saturated rings. The predicted octanol–water partition coefficient (Wildman–Crippen LogP) is 3.21. The first-order chi connectivity index (χ1) is 16.5. The highest BCUT2D eigenvalue weighted by Gasteiger charge is 2.31. The lowest BCUT2D eigenvalue weighted by Gasteiger charge is -2.26. The van der Waals surface area contributed by atoms with Gasteiger partial charge in [0.25, 0.3) is 0 Å². The molecule has 3 rings (SSSR count). The molecule has 0 saturated carbocycles. The molecule has 0 spiro atoms. The lowest BCUT2D eigenvalue weighted by molar-refractivity contribution is -0.145. The molecule has 8 nitrogen and oxygen atoms in total. The average molecular weight is 487 g/mol. The van der Waals surface area contributed by atoms with Crippen LogP contribution < -0.4 is 5.32 Å². The van der Waals surface area contributed by atoms with E-state index in [9.17, 15) is 19.5 Å². The van der Waals surface area contributed by atoms with Crippen molar-refractivity contribution in [1.29, 1.82) is 0 Å². The molecule has 0 aliphatic heterocycles. The highest BCUT2D eigenvalue weighted by molar-refractivity contribution is 7.98. The number of hydrogen-bond acceptors (Lipinski definition) is 6. The van der Waals surface area contributed by atoms with Gasteiger partial charge in [-0.15, -0.1) is 0 Å². The minimum Gasteiger partial charge on any atom is -0.480 e. The van der Waals surface area contributed by atoms with Gasteiger partial charge in [-0.05, 0) is 40.7 Å². The van der Waals surface area contributed by atoms with Gasteiger partial charge in [0.2, 0.25) is 5.91 Å².